The molecule has 1 aromatic carbocycles. The summed E-state index contributed by atoms with van der Waals surface area (Å²) in [6.45, 7) is 7.43. The molecular weight excluding hydrogens is 224 g/mol. The van der Waals surface area contributed by atoms with E-state index in [0.717, 1.165) is 19.3 Å². The summed E-state index contributed by atoms with van der Waals surface area (Å²) in [4.78, 5) is 0. The second kappa shape index (κ2) is 8.06. The van der Waals surface area contributed by atoms with Crippen molar-refractivity contribution in [2.75, 3.05) is 0 Å². The first-order chi connectivity index (χ1) is 8.63. The number of rotatable bonds is 8. The van der Waals surface area contributed by atoms with E-state index in [0.29, 0.717) is 0 Å². The fourth-order valence-corrected chi connectivity index (χ4v) is 1.82. The summed E-state index contributed by atoms with van der Waals surface area (Å²) < 4.78 is 5.85. The standard InChI is InChI=1S/C16H24O2/c1-4-8-16(18-14(3)13(2)17)12-11-15-9-6-5-7-10-15/h4-7,9-10,13-14,16-17H,1,8,11-12H2,2-3H3/t13-,14-,16?/m1/s1. The van der Waals surface area contributed by atoms with Crippen LogP contribution in [-0.4, -0.2) is 23.4 Å². The van der Waals surface area contributed by atoms with Crippen LogP contribution in [0.4, 0.5) is 0 Å². The maximum atomic E-state index is 9.47. The highest BCUT2D eigenvalue weighted by atomic mass is 16.5. The number of hydrogen-bond acceptors (Lipinski definition) is 2. The molecule has 0 bridgehead atoms. The molecule has 0 aliphatic rings. The van der Waals surface area contributed by atoms with Crippen molar-refractivity contribution in [3.05, 3.63) is 48.6 Å². The van der Waals surface area contributed by atoms with E-state index in [-0.39, 0.29) is 12.2 Å². The number of benzene rings is 1. The lowest BCUT2D eigenvalue weighted by atomic mass is 10.0. The van der Waals surface area contributed by atoms with Crippen molar-refractivity contribution in [1.29, 1.82) is 0 Å². The highest BCUT2D eigenvalue weighted by Gasteiger charge is 2.15. The van der Waals surface area contributed by atoms with Gasteiger partial charge in [0.1, 0.15) is 0 Å². The van der Waals surface area contributed by atoms with Crippen LogP contribution in [0.15, 0.2) is 43.0 Å². The minimum absolute atomic E-state index is 0.132. The van der Waals surface area contributed by atoms with E-state index >= 15 is 0 Å². The van der Waals surface area contributed by atoms with Gasteiger partial charge in [-0.15, -0.1) is 6.58 Å². The molecule has 0 fully saturated rings. The smallest absolute Gasteiger partial charge is 0.0807 e. The minimum atomic E-state index is -0.436. The van der Waals surface area contributed by atoms with Gasteiger partial charge in [-0.05, 0) is 38.7 Å². The molecule has 0 aliphatic heterocycles. The van der Waals surface area contributed by atoms with Crippen molar-refractivity contribution in [3.8, 4) is 0 Å². The zero-order valence-corrected chi connectivity index (χ0v) is 11.4. The first kappa shape index (κ1) is 14.9. The van der Waals surface area contributed by atoms with Crippen LogP contribution in [0.5, 0.6) is 0 Å². The Morgan fingerprint density at radius 2 is 1.94 bits per heavy atom. The monoisotopic (exact) mass is 248 g/mol. The van der Waals surface area contributed by atoms with Gasteiger partial charge in [-0.3, -0.25) is 0 Å². The molecule has 0 aliphatic carbocycles. The lowest BCUT2D eigenvalue weighted by Gasteiger charge is -2.23. The van der Waals surface area contributed by atoms with Crippen LogP contribution < -0.4 is 0 Å². The number of aryl methyl sites for hydroxylation is 1. The third-order valence-electron chi connectivity index (χ3n) is 3.11. The van der Waals surface area contributed by atoms with Gasteiger partial charge in [-0.25, -0.2) is 0 Å². The normalized spacial score (nSPS) is 15.9. The minimum Gasteiger partial charge on any atom is -0.391 e. The van der Waals surface area contributed by atoms with Gasteiger partial charge in [-0.1, -0.05) is 36.4 Å². The summed E-state index contributed by atoms with van der Waals surface area (Å²) in [5.41, 5.74) is 1.32. The molecule has 1 aromatic rings. The number of aliphatic hydroxyl groups excluding tert-OH is 1. The van der Waals surface area contributed by atoms with Crippen molar-refractivity contribution in [3.63, 3.8) is 0 Å². The molecule has 18 heavy (non-hydrogen) atoms. The molecule has 3 atom stereocenters. The summed E-state index contributed by atoms with van der Waals surface area (Å²) in [7, 11) is 0. The molecule has 0 amide bonds. The Morgan fingerprint density at radius 3 is 2.50 bits per heavy atom. The van der Waals surface area contributed by atoms with Crippen LogP contribution in [0.2, 0.25) is 0 Å². The molecule has 0 aromatic heterocycles. The molecule has 1 unspecified atom stereocenters. The van der Waals surface area contributed by atoms with E-state index in [9.17, 15) is 5.11 Å². The first-order valence-corrected chi connectivity index (χ1v) is 6.61. The zero-order chi connectivity index (χ0) is 13.4. The summed E-state index contributed by atoms with van der Waals surface area (Å²) in [5.74, 6) is 0. The Morgan fingerprint density at radius 1 is 1.28 bits per heavy atom. The molecule has 0 spiro atoms. The van der Waals surface area contributed by atoms with Crippen LogP contribution in [0.1, 0.15) is 32.3 Å². The molecule has 1 rings (SSSR count). The maximum Gasteiger partial charge on any atom is 0.0807 e. The number of ether oxygens (including phenoxy) is 1. The SMILES string of the molecule is C=CCC(CCc1ccccc1)O[C@H](C)[C@@H](C)O. The van der Waals surface area contributed by atoms with E-state index in [1.807, 2.05) is 19.1 Å². The maximum absolute atomic E-state index is 9.47. The van der Waals surface area contributed by atoms with E-state index in [4.69, 9.17) is 4.74 Å². The second-order valence-corrected chi connectivity index (χ2v) is 4.75. The Balaban J connectivity index is 2.45. The molecule has 0 radical (unpaired) electrons. The third-order valence-corrected chi connectivity index (χ3v) is 3.11. The molecule has 0 heterocycles. The fourth-order valence-electron chi connectivity index (χ4n) is 1.82. The van der Waals surface area contributed by atoms with E-state index < -0.39 is 6.10 Å². The van der Waals surface area contributed by atoms with Crippen molar-refractivity contribution in [2.24, 2.45) is 0 Å². The van der Waals surface area contributed by atoms with Gasteiger partial charge in [-0.2, -0.15) is 0 Å². The van der Waals surface area contributed by atoms with Crippen LogP contribution in [0.25, 0.3) is 0 Å². The topological polar surface area (TPSA) is 29.5 Å². The second-order valence-electron chi connectivity index (χ2n) is 4.75. The largest absolute Gasteiger partial charge is 0.391 e. The van der Waals surface area contributed by atoms with Crippen LogP contribution in [0, 0.1) is 0 Å². The average molecular weight is 248 g/mol. The van der Waals surface area contributed by atoms with Crippen LogP contribution in [0.3, 0.4) is 0 Å². The highest BCUT2D eigenvalue weighted by molar-refractivity contribution is 5.14. The Hall–Kier alpha value is -1.12. The van der Waals surface area contributed by atoms with E-state index in [2.05, 4.69) is 30.8 Å². The summed E-state index contributed by atoms with van der Waals surface area (Å²) in [5, 5.41) is 9.47. The van der Waals surface area contributed by atoms with Crippen molar-refractivity contribution < 1.29 is 9.84 Å². The van der Waals surface area contributed by atoms with Gasteiger partial charge in [0.2, 0.25) is 0 Å². The summed E-state index contributed by atoms with van der Waals surface area (Å²) in [6, 6.07) is 10.4. The van der Waals surface area contributed by atoms with Gasteiger partial charge in [0.15, 0.2) is 0 Å². The van der Waals surface area contributed by atoms with Gasteiger partial charge in [0, 0.05) is 0 Å². The Bertz CT molecular complexity index is 332. The quantitative estimate of drug-likeness (QED) is 0.715. The van der Waals surface area contributed by atoms with Crippen molar-refractivity contribution in [1.82, 2.24) is 0 Å². The van der Waals surface area contributed by atoms with Gasteiger partial charge in [0.05, 0.1) is 18.3 Å². The number of aliphatic hydroxyl groups is 1. The number of hydrogen-bond donors (Lipinski definition) is 1. The third kappa shape index (κ3) is 5.48. The summed E-state index contributed by atoms with van der Waals surface area (Å²) in [6.07, 6.45) is 4.21. The molecule has 0 saturated heterocycles. The summed E-state index contributed by atoms with van der Waals surface area (Å²) >= 11 is 0. The fraction of sp³-hybridized carbons (Fsp3) is 0.500. The van der Waals surface area contributed by atoms with Crippen LogP contribution >= 0.6 is 0 Å². The van der Waals surface area contributed by atoms with Gasteiger partial charge >= 0.3 is 0 Å². The lowest BCUT2D eigenvalue weighted by Crippen LogP contribution is -2.28. The molecular formula is C16H24O2. The van der Waals surface area contributed by atoms with Gasteiger partial charge < -0.3 is 9.84 Å². The van der Waals surface area contributed by atoms with Crippen molar-refractivity contribution in [2.45, 2.75) is 51.4 Å². The Kier molecular flexibility index (Phi) is 6.69. The first-order valence-electron chi connectivity index (χ1n) is 6.61. The van der Waals surface area contributed by atoms with Gasteiger partial charge in [0.25, 0.3) is 0 Å². The molecule has 1 N–H and O–H groups in total. The predicted molar refractivity (Wildman–Crippen MR) is 75.6 cm³/mol. The highest BCUT2D eigenvalue weighted by Crippen LogP contribution is 2.14. The zero-order valence-electron chi connectivity index (χ0n) is 11.4. The lowest BCUT2D eigenvalue weighted by molar-refractivity contribution is -0.0622. The predicted octanol–water partition coefficient (Wildman–Crippen LogP) is 3.35. The molecule has 100 valence electrons. The molecule has 2 nitrogen and oxygen atoms in total. The van der Waals surface area contributed by atoms with Crippen molar-refractivity contribution >= 4 is 0 Å². The Labute approximate surface area is 110 Å². The molecule has 0 saturated carbocycles. The van der Waals surface area contributed by atoms with E-state index in [1.165, 1.54) is 5.56 Å². The van der Waals surface area contributed by atoms with Crippen LogP contribution in [-0.2, 0) is 11.2 Å². The van der Waals surface area contributed by atoms with E-state index in [1.54, 1.807) is 6.92 Å². The molecule has 2 heteroatoms. The average Bonchev–Trinajstić information content (AvgIpc) is 2.37.